The van der Waals surface area contributed by atoms with Gasteiger partial charge in [-0.05, 0) is 99.4 Å². The molecule has 0 bridgehead atoms. The van der Waals surface area contributed by atoms with E-state index in [1.54, 1.807) is 12.3 Å². The number of para-hydroxylation sites is 2. The van der Waals surface area contributed by atoms with Gasteiger partial charge in [-0.15, -0.1) is 0 Å². The van der Waals surface area contributed by atoms with E-state index in [1.807, 2.05) is 99.8 Å². The Balaban J connectivity index is 0.000000185. The van der Waals surface area contributed by atoms with Crippen LogP contribution in [0, 0.1) is 27.6 Å². The van der Waals surface area contributed by atoms with Crippen LogP contribution in [0.15, 0.2) is 107 Å². The predicted octanol–water partition coefficient (Wildman–Crippen LogP) is 8.22. The average molecular weight is 635 g/mol. The molecular weight excluding hydrogens is 592 g/mol. The van der Waals surface area contributed by atoms with E-state index in [0.29, 0.717) is 5.57 Å². The predicted molar refractivity (Wildman–Crippen MR) is 179 cm³/mol. The third-order valence-corrected chi connectivity index (χ3v) is 12.2. The van der Waals surface area contributed by atoms with Gasteiger partial charge < -0.3 is 24.9 Å². The number of furan rings is 1. The number of carbonyl (C=O) groups excluding carboxylic acids is 3. The molecule has 1 saturated heterocycles. The number of urea groups is 1. The minimum Gasteiger partial charge on any atom is -0.504 e. The summed E-state index contributed by atoms with van der Waals surface area (Å²) in [4.78, 5) is 38.3. The maximum absolute atomic E-state index is 14.0. The molecule has 1 aromatic heterocycles. The number of epoxide rings is 1. The maximum Gasteiger partial charge on any atom is 0.323 e. The summed E-state index contributed by atoms with van der Waals surface area (Å²) < 4.78 is 11.9. The highest BCUT2D eigenvalue weighted by Crippen LogP contribution is 2.81. The third kappa shape index (κ3) is 4.26. The van der Waals surface area contributed by atoms with Gasteiger partial charge in [-0.1, -0.05) is 56.3 Å². The Morgan fingerprint density at radius 3 is 2.09 bits per heavy atom. The molecule has 1 aliphatic heterocycles. The molecule has 2 heterocycles. The molecule has 7 atom stereocenters. The molecule has 3 aromatic rings. The van der Waals surface area contributed by atoms with Crippen molar-refractivity contribution in [1.29, 1.82) is 0 Å². The summed E-state index contributed by atoms with van der Waals surface area (Å²) in [5.41, 5.74) is 0.148. The fourth-order valence-electron chi connectivity index (χ4n) is 10.1. The van der Waals surface area contributed by atoms with Crippen molar-refractivity contribution < 1.29 is 28.6 Å². The van der Waals surface area contributed by atoms with Crippen LogP contribution in [0.4, 0.5) is 16.2 Å². The number of ketones is 2. The van der Waals surface area contributed by atoms with Gasteiger partial charge in [-0.25, -0.2) is 4.79 Å². The molecule has 244 valence electrons. The van der Waals surface area contributed by atoms with Crippen LogP contribution in [0.25, 0.3) is 0 Å². The highest BCUT2D eigenvalue weighted by molar-refractivity contribution is 6.06. The lowest BCUT2D eigenvalue weighted by atomic mass is 9.39. The van der Waals surface area contributed by atoms with Crippen LogP contribution in [0.2, 0.25) is 0 Å². The lowest BCUT2D eigenvalue weighted by molar-refractivity contribution is -0.162. The van der Waals surface area contributed by atoms with Gasteiger partial charge in [0.1, 0.15) is 5.60 Å². The second-order valence-electron chi connectivity index (χ2n) is 14.9. The van der Waals surface area contributed by atoms with Crippen LogP contribution in [-0.2, 0) is 14.3 Å². The first-order chi connectivity index (χ1) is 22.3. The number of aliphatic hydroxyl groups is 1. The summed E-state index contributed by atoms with van der Waals surface area (Å²) in [5, 5.41) is 16.8. The van der Waals surface area contributed by atoms with Gasteiger partial charge in [0, 0.05) is 22.2 Å². The largest absolute Gasteiger partial charge is 0.504 e. The van der Waals surface area contributed by atoms with Crippen molar-refractivity contribution in [3.05, 3.63) is 108 Å². The van der Waals surface area contributed by atoms with Crippen molar-refractivity contribution >= 4 is 29.0 Å². The van der Waals surface area contributed by atoms with Crippen LogP contribution >= 0.6 is 0 Å². The molecule has 3 N–H and O–H groups in total. The van der Waals surface area contributed by atoms with Crippen molar-refractivity contribution in [3.63, 3.8) is 0 Å². The molecule has 47 heavy (non-hydrogen) atoms. The number of rotatable bonds is 3. The maximum atomic E-state index is 14.0. The van der Waals surface area contributed by atoms with E-state index >= 15 is 0 Å². The van der Waals surface area contributed by atoms with Gasteiger partial charge in [0.05, 0.1) is 29.5 Å². The van der Waals surface area contributed by atoms with E-state index in [4.69, 9.17) is 9.15 Å². The molecule has 0 radical (unpaired) electrons. The second kappa shape index (κ2) is 10.5. The van der Waals surface area contributed by atoms with Gasteiger partial charge in [0.2, 0.25) is 5.78 Å². The lowest BCUT2D eigenvalue weighted by Crippen LogP contribution is -2.66. The average Bonchev–Trinajstić information content (AvgIpc) is 3.40. The Kier molecular flexibility index (Phi) is 6.99. The van der Waals surface area contributed by atoms with Gasteiger partial charge in [0.15, 0.2) is 11.5 Å². The van der Waals surface area contributed by atoms with E-state index < -0.39 is 21.8 Å². The molecule has 5 aliphatic rings. The molecule has 2 aromatic carbocycles. The number of ether oxygens (including phenoxy) is 1. The van der Waals surface area contributed by atoms with Crippen LogP contribution in [0.5, 0.6) is 0 Å². The first kappa shape index (κ1) is 31.2. The highest BCUT2D eigenvalue weighted by atomic mass is 16.6. The standard InChI is InChI=1S/C26H30O5.C13H12N2O/c1-22(2)17(27)7-9-23(3)16-6-10-24(4)15(14-8-11-30-13-14)12-18-26(24,31-18)25(16,5)21(29)19(28)20(22)23;16-13(14-11-7-3-1-4-8-11)15-12-9-5-2-6-10-12/h7-9,11,13,15-16,18,28H,6,10,12H2,1-5H3;1-10H,(H2,14,15,16). The zero-order chi connectivity index (χ0) is 33.4. The number of benzene rings is 2. The van der Waals surface area contributed by atoms with Crippen LogP contribution in [0.3, 0.4) is 0 Å². The summed E-state index contributed by atoms with van der Waals surface area (Å²) in [6.45, 7) is 10.0. The number of hydrogen-bond acceptors (Lipinski definition) is 6. The topological polar surface area (TPSA) is 121 Å². The quantitative estimate of drug-likeness (QED) is 0.250. The van der Waals surface area contributed by atoms with Gasteiger partial charge >= 0.3 is 6.03 Å². The fraction of sp³-hybridized carbons (Fsp3) is 0.410. The molecule has 8 nitrogen and oxygen atoms in total. The van der Waals surface area contributed by atoms with Crippen molar-refractivity contribution in [1.82, 2.24) is 0 Å². The summed E-state index contributed by atoms with van der Waals surface area (Å²) in [6.07, 6.45) is 9.76. The molecule has 1 spiro atoms. The normalized spacial score (nSPS) is 35.8. The molecule has 3 fully saturated rings. The van der Waals surface area contributed by atoms with E-state index in [2.05, 4.69) is 24.5 Å². The number of fused-ring (bicyclic) bond motifs is 3. The van der Waals surface area contributed by atoms with Gasteiger partial charge in [-0.3, -0.25) is 9.59 Å². The first-order valence-corrected chi connectivity index (χ1v) is 16.4. The molecule has 2 saturated carbocycles. The minimum absolute atomic E-state index is 0.00527. The molecule has 2 amide bonds. The summed E-state index contributed by atoms with van der Waals surface area (Å²) in [6, 6.07) is 20.4. The van der Waals surface area contributed by atoms with E-state index in [-0.39, 0.29) is 46.7 Å². The van der Waals surface area contributed by atoms with Gasteiger partial charge in [0.25, 0.3) is 0 Å². The number of carbonyl (C=O) groups is 3. The fourth-order valence-corrected chi connectivity index (χ4v) is 10.1. The summed E-state index contributed by atoms with van der Waals surface area (Å²) in [7, 11) is 0. The summed E-state index contributed by atoms with van der Waals surface area (Å²) in [5.74, 6) is -0.312. The van der Waals surface area contributed by atoms with Crippen molar-refractivity contribution in [2.75, 3.05) is 10.6 Å². The number of allylic oxidation sites excluding steroid dienone is 4. The Morgan fingerprint density at radius 2 is 1.51 bits per heavy atom. The Labute approximate surface area is 275 Å². The third-order valence-electron chi connectivity index (χ3n) is 12.2. The van der Waals surface area contributed by atoms with E-state index in [0.717, 1.165) is 30.6 Å². The Morgan fingerprint density at radius 1 is 0.894 bits per heavy atom. The number of hydrogen-bond donors (Lipinski definition) is 3. The second-order valence-corrected chi connectivity index (χ2v) is 14.9. The van der Waals surface area contributed by atoms with Crippen molar-refractivity contribution in [2.45, 2.75) is 71.5 Å². The first-order valence-electron chi connectivity index (χ1n) is 16.4. The number of nitrogens with one attached hydrogen (secondary N) is 2. The minimum atomic E-state index is -0.901. The van der Waals surface area contributed by atoms with Gasteiger partial charge in [-0.2, -0.15) is 0 Å². The molecule has 7 unspecified atom stereocenters. The van der Waals surface area contributed by atoms with Crippen molar-refractivity contribution in [2.24, 2.45) is 27.6 Å². The molecule has 4 aliphatic carbocycles. The number of anilines is 2. The van der Waals surface area contributed by atoms with E-state index in [9.17, 15) is 19.5 Å². The zero-order valence-corrected chi connectivity index (χ0v) is 27.5. The van der Waals surface area contributed by atoms with Crippen LogP contribution in [-0.4, -0.2) is 34.4 Å². The molecular formula is C39H42N2O6. The van der Waals surface area contributed by atoms with Crippen molar-refractivity contribution in [3.8, 4) is 0 Å². The Hall–Kier alpha value is -4.43. The number of aliphatic hydroxyl groups excluding tert-OH is 1. The lowest BCUT2D eigenvalue weighted by Gasteiger charge is -2.62. The smallest absolute Gasteiger partial charge is 0.323 e. The molecule has 8 heteroatoms. The zero-order valence-electron chi connectivity index (χ0n) is 27.5. The molecule has 8 rings (SSSR count). The number of Topliss-reactive ketones (excluding diaryl/α,β-unsaturated/α-hetero) is 1. The SMILES string of the molecule is CC1(C)C(=O)C=CC2(C)C1=C(O)C(=O)C1(C)C2CCC2(C)C(c3ccoc3)CC3OC321.O=C(Nc1ccccc1)Nc1ccccc1. The van der Waals surface area contributed by atoms with Crippen LogP contribution in [0.1, 0.15) is 65.4 Å². The monoisotopic (exact) mass is 634 g/mol. The number of amides is 2. The van der Waals surface area contributed by atoms with E-state index in [1.165, 1.54) is 5.56 Å². The van der Waals surface area contributed by atoms with Crippen LogP contribution < -0.4 is 10.6 Å². The summed E-state index contributed by atoms with van der Waals surface area (Å²) >= 11 is 0. The Bertz CT molecular complexity index is 1750. The highest BCUT2D eigenvalue weighted by Gasteiger charge is 2.87.